The summed E-state index contributed by atoms with van der Waals surface area (Å²) >= 11 is 0. The molecule has 0 atom stereocenters. The lowest BCUT2D eigenvalue weighted by molar-refractivity contribution is -0.134. The third kappa shape index (κ3) is 3.32. The molecule has 0 aliphatic carbocycles. The van der Waals surface area contributed by atoms with Crippen LogP contribution in [0.2, 0.25) is 0 Å². The quantitative estimate of drug-likeness (QED) is 0.624. The highest BCUT2D eigenvalue weighted by Crippen LogP contribution is 2.21. The van der Waals surface area contributed by atoms with E-state index in [-0.39, 0.29) is 0 Å². The Morgan fingerprint density at radius 2 is 1.30 bits per heavy atom. The molecular formula is C17H17NO2. The van der Waals surface area contributed by atoms with E-state index >= 15 is 0 Å². The Morgan fingerprint density at radius 3 is 1.70 bits per heavy atom. The van der Waals surface area contributed by atoms with Gasteiger partial charge in [-0.2, -0.15) is 0 Å². The third-order valence-corrected chi connectivity index (χ3v) is 2.92. The molecule has 0 amide bonds. The van der Waals surface area contributed by atoms with Crippen LogP contribution in [0.1, 0.15) is 18.1 Å². The first-order valence-electron chi connectivity index (χ1n) is 6.43. The Balaban J connectivity index is 0.000000328. The summed E-state index contributed by atoms with van der Waals surface area (Å²) in [5.41, 5.74) is 4.68. The Bertz CT molecular complexity index is 717. The molecule has 0 fully saturated rings. The van der Waals surface area contributed by atoms with E-state index in [1.165, 1.54) is 21.9 Å². The highest BCUT2D eigenvalue weighted by Gasteiger charge is 2.00. The molecule has 2 aromatic carbocycles. The summed E-state index contributed by atoms with van der Waals surface area (Å²) < 4.78 is 0. The van der Waals surface area contributed by atoms with E-state index in [9.17, 15) is 0 Å². The average molecular weight is 267 g/mol. The van der Waals surface area contributed by atoms with Gasteiger partial charge in [-0.1, -0.05) is 24.3 Å². The van der Waals surface area contributed by atoms with Crippen LogP contribution in [0, 0.1) is 13.8 Å². The van der Waals surface area contributed by atoms with Gasteiger partial charge in [0.15, 0.2) is 0 Å². The number of carboxylic acid groups (broad SMARTS) is 1. The van der Waals surface area contributed by atoms with Crippen LogP contribution in [-0.2, 0) is 4.79 Å². The van der Waals surface area contributed by atoms with Gasteiger partial charge in [0.05, 0.1) is 11.0 Å². The number of carbonyl (C=O) groups is 1. The van der Waals surface area contributed by atoms with Gasteiger partial charge in [0.1, 0.15) is 0 Å². The van der Waals surface area contributed by atoms with Crippen molar-refractivity contribution < 1.29 is 9.90 Å². The van der Waals surface area contributed by atoms with Gasteiger partial charge in [-0.25, -0.2) is 4.98 Å². The molecule has 0 saturated heterocycles. The van der Waals surface area contributed by atoms with Crippen LogP contribution >= 0.6 is 0 Å². The van der Waals surface area contributed by atoms with E-state index in [0.29, 0.717) is 0 Å². The summed E-state index contributed by atoms with van der Waals surface area (Å²) in [7, 11) is 0. The van der Waals surface area contributed by atoms with Crippen molar-refractivity contribution in [3.05, 3.63) is 53.6 Å². The van der Waals surface area contributed by atoms with Crippen molar-refractivity contribution in [2.24, 2.45) is 0 Å². The lowest BCUT2D eigenvalue weighted by atomic mass is 10.1. The lowest BCUT2D eigenvalue weighted by Crippen LogP contribution is -1.84. The van der Waals surface area contributed by atoms with Gasteiger partial charge >= 0.3 is 0 Å². The minimum atomic E-state index is -0.833. The fourth-order valence-electron chi connectivity index (χ4n) is 2.04. The third-order valence-electron chi connectivity index (χ3n) is 2.92. The Labute approximate surface area is 117 Å². The van der Waals surface area contributed by atoms with Crippen LogP contribution in [-0.4, -0.2) is 16.1 Å². The van der Waals surface area contributed by atoms with E-state index in [0.717, 1.165) is 18.0 Å². The highest BCUT2D eigenvalue weighted by atomic mass is 16.4. The second kappa shape index (κ2) is 5.70. The SMILES string of the molecule is CC(=O)O.Cc1ccc2cc3ccc(C)cc3nc2c1. The molecule has 1 N–H and O–H groups in total. The number of hydrogen-bond donors (Lipinski definition) is 1. The molecule has 102 valence electrons. The van der Waals surface area contributed by atoms with Crippen LogP contribution in [0.4, 0.5) is 0 Å². The molecule has 0 spiro atoms. The van der Waals surface area contributed by atoms with Crippen molar-refractivity contribution in [1.29, 1.82) is 0 Å². The summed E-state index contributed by atoms with van der Waals surface area (Å²) in [4.78, 5) is 13.7. The summed E-state index contributed by atoms with van der Waals surface area (Å²) in [6, 6.07) is 15.0. The molecule has 3 rings (SSSR count). The number of aromatic nitrogens is 1. The second-order valence-corrected chi connectivity index (χ2v) is 4.90. The second-order valence-electron chi connectivity index (χ2n) is 4.90. The Kier molecular flexibility index (Phi) is 3.99. The minimum absolute atomic E-state index is 0.833. The van der Waals surface area contributed by atoms with Crippen LogP contribution in [0.15, 0.2) is 42.5 Å². The highest BCUT2D eigenvalue weighted by molar-refractivity contribution is 5.93. The number of aliphatic carboxylic acids is 1. The Hall–Kier alpha value is -2.42. The molecule has 0 aliphatic rings. The predicted molar refractivity (Wildman–Crippen MR) is 82.0 cm³/mol. The van der Waals surface area contributed by atoms with Gasteiger partial charge in [0.25, 0.3) is 5.97 Å². The molecular weight excluding hydrogens is 250 g/mol. The molecule has 3 heteroatoms. The monoisotopic (exact) mass is 267 g/mol. The summed E-state index contributed by atoms with van der Waals surface area (Å²) in [6.07, 6.45) is 0. The number of benzene rings is 2. The number of pyridine rings is 1. The largest absolute Gasteiger partial charge is 0.481 e. The number of aryl methyl sites for hydroxylation is 2. The van der Waals surface area contributed by atoms with Gasteiger partial charge in [-0.3, -0.25) is 4.79 Å². The van der Waals surface area contributed by atoms with Crippen molar-refractivity contribution in [2.45, 2.75) is 20.8 Å². The summed E-state index contributed by atoms with van der Waals surface area (Å²) in [5, 5.41) is 9.84. The topological polar surface area (TPSA) is 50.2 Å². The summed E-state index contributed by atoms with van der Waals surface area (Å²) in [6.45, 7) is 5.28. The van der Waals surface area contributed by atoms with Gasteiger partial charge in [0, 0.05) is 17.7 Å². The van der Waals surface area contributed by atoms with Crippen LogP contribution in [0.3, 0.4) is 0 Å². The molecule has 0 unspecified atom stereocenters. The first-order valence-corrected chi connectivity index (χ1v) is 6.43. The molecule has 3 aromatic rings. The van der Waals surface area contributed by atoms with E-state index in [2.05, 4.69) is 56.3 Å². The molecule has 20 heavy (non-hydrogen) atoms. The molecule has 3 nitrogen and oxygen atoms in total. The van der Waals surface area contributed by atoms with Gasteiger partial charge < -0.3 is 5.11 Å². The van der Waals surface area contributed by atoms with Crippen LogP contribution in [0.25, 0.3) is 21.8 Å². The zero-order valence-corrected chi connectivity index (χ0v) is 11.8. The first kappa shape index (κ1) is 14.0. The number of carboxylic acids is 1. The maximum absolute atomic E-state index is 9.00. The normalized spacial score (nSPS) is 10.2. The van der Waals surface area contributed by atoms with Gasteiger partial charge in [-0.15, -0.1) is 0 Å². The zero-order chi connectivity index (χ0) is 14.7. The zero-order valence-electron chi connectivity index (χ0n) is 11.8. The van der Waals surface area contributed by atoms with E-state index in [1.807, 2.05) is 0 Å². The van der Waals surface area contributed by atoms with Crippen LogP contribution in [0.5, 0.6) is 0 Å². The van der Waals surface area contributed by atoms with Gasteiger partial charge in [0.2, 0.25) is 0 Å². The first-order chi connectivity index (χ1) is 9.45. The molecule has 0 radical (unpaired) electrons. The van der Waals surface area contributed by atoms with Crippen molar-refractivity contribution in [3.8, 4) is 0 Å². The lowest BCUT2D eigenvalue weighted by Gasteiger charge is -2.03. The molecule has 0 bridgehead atoms. The average Bonchev–Trinajstić information content (AvgIpc) is 2.35. The maximum atomic E-state index is 9.00. The van der Waals surface area contributed by atoms with Crippen LogP contribution < -0.4 is 0 Å². The van der Waals surface area contributed by atoms with Gasteiger partial charge in [-0.05, 0) is 43.2 Å². The van der Waals surface area contributed by atoms with Crippen molar-refractivity contribution >= 4 is 27.8 Å². The van der Waals surface area contributed by atoms with E-state index in [4.69, 9.17) is 14.9 Å². The molecule has 0 saturated carbocycles. The number of hydrogen-bond acceptors (Lipinski definition) is 2. The van der Waals surface area contributed by atoms with Crippen molar-refractivity contribution in [2.75, 3.05) is 0 Å². The Morgan fingerprint density at radius 1 is 0.900 bits per heavy atom. The molecule has 1 aromatic heterocycles. The van der Waals surface area contributed by atoms with Crippen molar-refractivity contribution in [3.63, 3.8) is 0 Å². The minimum Gasteiger partial charge on any atom is -0.481 e. The van der Waals surface area contributed by atoms with Crippen molar-refractivity contribution in [1.82, 2.24) is 4.98 Å². The fourth-order valence-corrected chi connectivity index (χ4v) is 2.04. The number of fused-ring (bicyclic) bond motifs is 2. The summed E-state index contributed by atoms with van der Waals surface area (Å²) in [5.74, 6) is -0.833. The smallest absolute Gasteiger partial charge is 0.300 e. The number of nitrogens with zero attached hydrogens (tertiary/aromatic N) is 1. The maximum Gasteiger partial charge on any atom is 0.300 e. The standard InChI is InChI=1S/C15H13N.C2H4O2/c1-10-3-5-12-9-13-6-4-11(2)8-15(13)16-14(12)7-10;1-2(3)4/h3-9H,1-2H3;1H3,(H,3,4). The van der Waals surface area contributed by atoms with E-state index in [1.54, 1.807) is 0 Å². The predicted octanol–water partition coefficient (Wildman–Crippen LogP) is 4.10. The fraction of sp³-hybridized carbons (Fsp3) is 0.176. The van der Waals surface area contributed by atoms with E-state index < -0.39 is 5.97 Å². The number of rotatable bonds is 0. The molecule has 1 heterocycles. The molecule has 0 aliphatic heterocycles.